The second-order valence-electron chi connectivity index (χ2n) is 2.37. The minimum Gasteiger partial charge on any atom is -0.126 e. The molecule has 0 aromatic heterocycles. The first kappa shape index (κ1) is 8.66. The minimum atomic E-state index is 1.04. The Labute approximate surface area is 73.0 Å². The maximum absolute atomic E-state index is 3.80. The third-order valence-corrected chi connectivity index (χ3v) is 2.50. The second kappa shape index (κ2) is 5.25. The first-order valence-corrected chi connectivity index (χ1v) is 4.89. The average molecular weight is 165 g/mol. The van der Waals surface area contributed by atoms with E-state index in [0.29, 0.717) is 0 Å². The highest BCUT2D eigenvalue weighted by atomic mass is 32.2. The predicted octanol–water partition coefficient (Wildman–Crippen LogP) is 3.39. The lowest BCUT2D eigenvalue weighted by Gasteiger charge is -1.97. The summed E-state index contributed by atoms with van der Waals surface area (Å²) >= 11 is 1.90. The minimum absolute atomic E-state index is 1.04. The van der Waals surface area contributed by atoms with Gasteiger partial charge in [-0.3, -0.25) is 0 Å². The van der Waals surface area contributed by atoms with Crippen molar-refractivity contribution in [3.8, 4) is 0 Å². The highest BCUT2D eigenvalue weighted by molar-refractivity contribution is 7.99. The average Bonchev–Trinajstić information content (AvgIpc) is 2.07. The van der Waals surface area contributed by atoms with Crippen LogP contribution in [0.2, 0.25) is 0 Å². The van der Waals surface area contributed by atoms with Crippen molar-refractivity contribution in [2.75, 3.05) is 5.75 Å². The normalized spacial score (nSPS) is 9.91. The molecule has 0 aliphatic heterocycles. The van der Waals surface area contributed by atoms with E-state index in [4.69, 9.17) is 0 Å². The molecule has 1 rings (SSSR count). The highest BCUT2D eigenvalue weighted by Gasteiger charge is 1.89. The molecule has 0 aliphatic carbocycles. The van der Waals surface area contributed by atoms with Crippen molar-refractivity contribution in [1.29, 1.82) is 0 Å². The van der Waals surface area contributed by atoms with Gasteiger partial charge in [-0.1, -0.05) is 31.5 Å². The van der Waals surface area contributed by atoms with Gasteiger partial charge in [0.1, 0.15) is 0 Å². The molecule has 1 radical (unpaired) electrons. The van der Waals surface area contributed by atoms with Gasteiger partial charge in [0.15, 0.2) is 0 Å². The number of rotatable bonds is 4. The fourth-order valence-corrected chi connectivity index (χ4v) is 1.74. The number of unbranched alkanes of at least 4 members (excludes halogenated alkanes) is 1. The Morgan fingerprint density at radius 2 is 1.91 bits per heavy atom. The van der Waals surface area contributed by atoms with Crippen molar-refractivity contribution < 1.29 is 0 Å². The van der Waals surface area contributed by atoms with Crippen LogP contribution in [0.25, 0.3) is 0 Å². The Morgan fingerprint density at radius 3 is 2.55 bits per heavy atom. The quantitative estimate of drug-likeness (QED) is 0.487. The van der Waals surface area contributed by atoms with E-state index >= 15 is 0 Å². The van der Waals surface area contributed by atoms with Crippen molar-refractivity contribution in [2.24, 2.45) is 0 Å². The number of thioether (sulfide) groups is 1. The number of hydrogen-bond acceptors (Lipinski definition) is 1. The fraction of sp³-hybridized carbons (Fsp3) is 0.300. The molecule has 0 atom stereocenters. The van der Waals surface area contributed by atoms with Crippen molar-refractivity contribution in [2.45, 2.75) is 17.7 Å². The van der Waals surface area contributed by atoms with Crippen LogP contribution in [0.4, 0.5) is 0 Å². The van der Waals surface area contributed by atoms with Crippen LogP contribution >= 0.6 is 11.8 Å². The molecule has 59 valence electrons. The molecule has 0 aliphatic rings. The van der Waals surface area contributed by atoms with Crippen LogP contribution in [0.5, 0.6) is 0 Å². The third-order valence-electron chi connectivity index (χ3n) is 1.41. The Kier molecular flexibility index (Phi) is 4.14. The van der Waals surface area contributed by atoms with Crippen LogP contribution in [-0.2, 0) is 0 Å². The van der Waals surface area contributed by atoms with Crippen molar-refractivity contribution >= 4 is 11.8 Å². The molecule has 0 unspecified atom stereocenters. The second-order valence-corrected chi connectivity index (χ2v) is 3.54. The van der Waals surface area contributed by atoms with E-state index in [0.717, 1.165) is 6.42 Å². The lowest BCUT2D eigenvalue weighted by molar-refractivity contribution is 0.969. The number of hydrogen-bond donors (Lipinski definition) is 0. The van der Waals surface area contributed by atoms with Crippen LogP contribution in [0, 0.1) is 6.92 Å². The molecule has 1 aromatic carbocycles. The molecule has 0 amide bonds. The van der Waals surface area contributed by atoms with E-state index in [9.17, 15) is 0 Å². The van der Waals surface area contributed by atoms with E-state index in [1.165, 1.54) is 17.1 Å². The predicted molar refractivity (Wildman–Crippen MR) is 51.8 cm³/mol. The van der Waals surface area contributed by atoms with E-state index in [-0.39, 0.29) is 0 Å². The van der Waals surface area contributed by atoms with E-state index in [2.05, 4.69) is 31.2 Å². The molecule has 0 saturated heterocycles. The Hall–Kier alpha value is -0.430. The zero-order valence-electron chi connectivity index (χ0n) is 6.62. The third kappa shape index (κ3) is 3.47. The van der Waals surface area contributed by atoms with Crippen LogP contribution in [0.3, 0.4) is 0 Å². The summed E-state index contributed by atoms with van der Waals surface area (Å²) in [5, 5.41) is 0. The molecule has 1 heteroatoms. The number of benzene rings is 1. The SMILES string of the molecule is [CH2]CCCSc1ccccc1. The summed E-state index contributed by atoms with van der Waals surface area (Å²) in [5.41, 5.74) is 0. The van der Waals surface area contributed by atoms with Crippen molar-refractivity contribution in [1.82, 2.24) is 0 Å². The van der Waals surface area contributed by atoms with Crippen molar-refractivity contribution in [3.05, 3.63) is 37.3 Å². The first-order chi connectivity index (χ1) is 5.43. The molecular weight excluding hydrogens is 152 g/mol. The van der Waals surface area contributed by atoms with Gasteiger partial charge in [-0.15, -0.1) is 11.8 Å². The zero-order chi connectivity index (χ0) is 7.94. The Bertz CT molecular complexity index is 181. The van der Waals surface area contributed by atoms with Gasteiger partial charge in [0.05, 0.1) is 0 Å². The summed E-state index contributed by atoms with van der Waals surface area (Å²) in [4.78, 5) is 1.36. The Morgan fingerprint density at radius 1 is 1.18 bits per heavy atom. The molecule has 11 heavy (non-hydrogen) atoms. The maximum Gasteiger partial charge on any atom is 0.00719 e. The molecule has 0 bridgehead atoms. The summed E-state index contributed by atoms with van der Waals surface area (Å²) in [6.07, 6.45) is 2.25. The van der Waals surface area contributed by atoms with Gasteiger partial charge in [0, 0.05) is 4.90 Å². The molecule has 0 N–H and O–H groups in total. The molecule has 0 nitrogen and oxygen atoms in total. The van der Waals surface area contributed by atoms with E-state index in [1.807, 2.05) is 17.8 Å². The summed E-state index contributed by atoms with van der Waals surface area (Å²) in [6, 6.07) is 10.5. The fourth-order valence-electron chi connectivity index (χ4n) is 0.809. The van der Waals surface area contributed by atoms with Crippen molar-refractivity contribution in [3.63, 3.8) is 0 Å². The largest absolute Gasteiger partial charge is 0.126 e. The summed E-state index contributed by atoms with van der Waals surface area (Å²) < 4.78 is 0. The van der Waals surface area contributed by atoms with Crippen LogP contribution in [0.1, 0.15) is 12.8 Å². The standard InChI is InChI=1S/C10H13S/c1-2-3-9-11-10-7-5-4-6-8-10/h4-8H,1-3,9H2. The van der Waals surface area contributed by atoms with Gasteiger partial charge >= 0.3 is 0 Å². The topological polar surface area (TPSA) is 0 Å². The van der Waals surface area contributed by atoms with Crippen LogP contribution in [0.15, 0.2) is 35.2 Å². The Balaban J connectivity index is 2.28. The highest BCUT2D eigenvalue weighted by Crippen LogP contribution is 2.17. The van der Waals surface area contributed by atoms with Gasteiger partial charge < -0.3 is 0 Å². The molecule has 0 saturated carbocycles. The molecule has 0 heterocycles. The summed E-state index contributed by atoms with van der Waals surface area (Å²) in [7, 11) is 0. The van der Waals surface area contributed by atoms with Gasteiger partial charge in [0.2, 0.25) is 0 Å². The first-order valence-electron chi connectivity index (χ1n) is 3.90. The molecular formula is C10H13S. The lowest BCUT2D eigenvalue weighted by atomic mass is 10.4. The van der Waals surface area contributed by atoms with Crippen LogP contribution < -0.4 is 0 Å². The molecule has 1 aromatic rings. The van der Waals surface area contributed by atoms with Gasteiger partial charge in [-0.25, -0.2) is 0 Å². The van der Waals surface area contributed by atoms with Gasteiger partial charge in [-0.2, -0.15) is 0 Å². The summed E-state index contributed by atoms with van der Waals surface area (Å²) in [6.45, 7) is 3.80. The molecule has 0 fully saturated rings. The van der Waals surface area contributed by atoms with Gasteiger partial charge in [0.25, 0.3) is 0 Å². The van der Waals surface area contributed by atoms with Gasteiger partial charge in [-0.05, 0) is 24.3 Å². The van der Waals surface area contributed by atoms with E-state index < -0.39 is 0 Å². The lowest BCUT2D eigenvalue weighted by Crippen LogP contribution is -1.76. The summed E-state index contributed by atoms with van der Waals surface area (Å²) in [5.74, 6) is 1.19. The smallest absolute Gasteiger partial charge is 0.00719 e. The zero-order valence-corrected chi connectivity index (χ0v) is 7.44. The van der Waals surface area contributed by atoms with E-state index in [1.54, 1.807) is 0 Å². The monoisotopic (exact) mass is 165 g/mol. The molecule has 0 spiro atoms. The maximum atomic E-state index is 3.80. The van der Waals surface area contributed by atoms with Crippen LogP contribution in [-0.4, -0.2) is 5.75 Å².